The minimum atomic E-state index is -2.97. The molecule has 2 aromatic rings. The lowest BCUT2D eigenvalue weighted by molar-refractivity contribution is 0.560. The van der Waals surface area contributed by atoms with Gasteiger partial charge in [0.1, 0.15) is 21.3 Å². The molecular weight excluding hydrogens is 336 g/mol. The number of fused-ring (bicyclic) bond motifs is 1. The van der Waals surface area contributed by atoms with Gasteiger partial charge in [0.15, 0.2) is 5.82 Å². The molecule has 1 fully saturated rings. The zero-order valence-electron chi connectivity index (χ0n) is 14.3. The van der Waals surface area contributed by atoms with Gasteiger partial charge in [-0.25, -0.2) is 18.4 Å². The lowest BCUT2D eigenvalue weighted by Gasteiger charge is -2.17. The summed E-state index contributed by atoms with van der Waals surface area (Å²) in [5.41, 5.74) is 2.90. The fourth-order valence-electron chi connectivity index (χ4n) is 3.56. The molecule has 0 aliphatic heterocycles. The van der Waals surface area contributed by atoms with Crippen molar-refractivity contribution in [2.45, 2.75) is 32.1 Å². The summed E-state index contributed by atoms with van der Waals surface area (Å²) in [4.78, 5) is 13.8. The highest BCUT2D eigenvalue weighted by Gasteiger charge is 2.45. The summed E-state index contributed by atoms with van der Waals surface area (Å²) in [6.45, 7) is 0.644. The van der Waals surface area contributed by atoms with Crippen molar-refractivity contribution in [1.29, 1.82) is 0 Å². The van der Waals surface area contributed by atoms with E-state index in [0.29, 0.717) is 12.4 Å². The summed E-state index contributed by atoms with van der Waals surface area (Å²) in [5.74, 6) is 1.73. The van der Waals surface area contributed by atoms with Crippen LogP contribution in [0.5, 0.6) is 0 Å². The molecule has 2 aromatic heterocycles. The summed E-state index contributed by atoms with van der Waals surface area (Å²) in [7, 11) is -2.97. The first kappa shape index (κ1) is 16.4. The molecular formula is C18H22N4O2S. The van der Waals surface area contributed by atoms with Crippen LogP contribution < -0.4 is 5.32 Å². The van der Waals surface area contributed by atoms with Crippen LogP contribution >= 0.6 is 0 Å². The second-order valence-corrected chi connectivity index (χ2v) is 9.45. The highest BCUT2D eigenvalue weighted by Crippen LogP contribution is 2.46. The van der Waals surface area contributed by atoms with Crippen LogP contribution in [0.25, 0.3) is 11.5 Å². The van der Waals surface area contributed by atoms with Gasteiger partial charge in [-0.1, -0.05) is 6.07 Å². The molecule has 0 spiro atoms. The quantitative estimate of drug-likeness (QED) is 0.853. The molecule has 7 heteroatoms. The Hall–Kier alpha value is -2.02. The highest BCUT2D eigenvalue weighted by atomic mass is 32.2. The van der Waals surface area contributed by atoms with Gasteiger partial charge in [-0.15, -0.1) is 0 Å². The Labute approximate surface area is 148 Å². The molecule has 0 aromatic carbocycles. The van der Waals surface area contributed by atoms with Crippen molar-refractivity contribution in [3.05, 3.63) is 35.7 Å². The SMILES string of the molecule is CS(=O)(=O)CC1(CNc2nc(-c3ccccn3)nc3c2CCC3)CC1. The van der Waals surface area contributed by atoms with Crippen molar-refractivity contribution in [3.8, 4) is 11.5 Å². The molecule has 6 nitrogen and oxygen atoms in total. The number of sulfone groups is 1. The number of aromatic nitrogens is 3. The normalized spacial score (nSPS) is 18.0. The van der Waals surface area contributed by atoms with E-state index >= 15 is 0 Å². The number of anilines is 1. The molecule has 1 saturated carbocycles. The fraction of sp³-hybridized carbons (Fsp3) is 0.500. The van der Waals surface area contributed by atoms with Crippen molar-refractivity contribution in [2.75, 3.05) is 23.9 Å². The number of pyridine rings is 1. The van der Waals surface area contributed by atoms with Gasteiger partial charge in [0.2, 0.25) is 0 Å². The van der Waals surface area contributed by atoms with Gasteiger partial charge in [0, 0.05) is 35.7 Å². The predicted octanol–water partition coefficient (Wildman–Crippen LogP) is 2.26. The summed E-state index contributed by atoms with van der Waals surface area (Å²) < 4.78 is 23.3. The lowest BCUT2D eigenvalue weighted by Crippen LogP contribution is -2.25. The minimum Gasteiger partial charge on any atom is -0.369 e. The standard InChI is InChI=1S/C18H22N4O2S/c1-25(23,24)12-18(8-9-18)11-20-16-13-5-4-7-14(13)21-17(22-16)15-6-2-3-10-19-15/h2-3,6,10H,4-5,7-9,11-12H2,1H3,(H,20,21,22). The monoisotopic (exact) mass is 358 g/mol. The van der Waals surface area contributed by atoms with E-state index in [4.69, 9.17) is 9.97 Å². The van der Waals surface area contributed by atoms with E-state index in [0.717, 1.165) is 49.3 Å². The largest absolute Gasteiger partial charge is 0.369 e. The summed E-state index contributed by atoms with van der Waals surface area (Å²) >= 11 is 0. The van der Waals surface area contributed by atoms with Gasteiger partial charge >= 0.3 is 0 Å². The number of hydrogen-bond acceptors (Lipinski definition) is 6. The average molecular weight is 358 g/mol. The molecule has 25 heavy (non-hydrogen) atoms. The zero-order chi connectivity index (χ0) is 17.5. The van der Waals surface area contributed by atoms with E-state index in [1.807, 2.05) is 18.2 Å². The third-order valence-electron chi connectivity index (χ3n) is 4.98. The van der Waals surface area contributed by atoms with E-state index in [1.165, 1.54) is 11.8 Å². The van der Waals surface area contributed by atoms with E-state index in [-0.39, 0.29) is 11.2 Å². The summed E-state index contributed by atoms with van der Waals surface area (Å²) in [6.07, 6.45) is 7.97. The number of hydrogen-bond donors (Lipinski definition) is 1. The topological polar surface area (TPSA) is 84.8 Å². The fourth-order valence-corrected chi connectivity index (χ4v) is 5.07. The lowest BCUT2D eigenvalue weighted by atomic mass is 10.1. The Morgan fingerprint density at radius 3 is 2.72 bits per heavy atom. The van der Waals surface area contributed by atoms with Crippen molar-refractivity contribution in [2.24, 2.45) is 5.41 Å². The predicted molar refractivity (Wildman–Crippen MR) is 97.2 cm³/mol. The van der Waals surface area contributed by atoms with E-state index in [2.05, 4.69) is 10.3 Å². The average Bonchev–Trinajstić information content (AvgIpc) is 3.15. The molecule has 2 aliphatic rings. The highest BCUT2D eigenvalue weighted by molar-refractivity contribution is 7.90. The van der Waals surface area contributed by atoms with E-state index < -0.39 is 9.84 Å². The third kappa shape index (κ3) is 3.66. The van der Waals surface area contributed by atoms with Crippen LogP contribution in [0.3, 0.4) is 0 Å². The van der Waals surface area contributed by atoms with Gasteiger partial charge in [-0.2, -0.15) is 0 Å². The van der Waals surface area contributed by atoms with Crippen molar-refractivity contribution in [3.63, 3.8) is 0 Å². The van der Waals surface area contributed by atoms with Crippen LogP contribution in [-0.2, 0) is 22.7 Å². The number of aryl methyl sites for hydroxylation is 1. The molecule has 0 bridgehead atoms. The Morgan fingerprint density at radius 2 is 2.04 bits per heavy atom. The van der Waals surface area contributed by atoms with Crippen LogP contribution in [0.15, 0.2) is 24.4 Å². The number of nitrogens with zero attached hydrogens (tertiary/aromatic N) is 3. The van der Waals surface area contributed by atoms with E-state index in [1.54, 1.807) is 6.20 Å². The first-order chi connectivity index (χ1) is 11.9. The minimum absolute atomic E-state index is 0.130. The second kappa shape index (κ2) is 6.05. The molecule has 0 amide bonds. The first-order valence-corrected chi connectivity index (χ1v) is 10.7. The molecule has 1 N–H and O–H groups in total. The molecule has 0 radical (unpaired) electrons. The molecule has 4 rings (SSSR count). The van der Waals surface area contributed by atoms with Crippen molar-refractivity contribution >= 4 is 15.7 Å². The zero-order valence-corrected chi connectivity index (χ0v) is 15.1. The van der Waals surface area contributed by atoms with Crippen LogP contribution in [0.2, 0.25) is 0 Å². The van der Waals surface area contributed by atoms with Gasteiger partial charge in [0.05, 0.1) is 5.75 Å². The van der Waals surface area contributed by atoms with Crippen LogP contribution in [0.1, 0.15) is 30.5 Å². The first-order valence-electron chi connectivity index (χ1n) is 8.67. The maximum atomic E-state index is 11.7. The van der Waals surface area contributed by atoms with Crippen molar-refractivity contribution in [1.82, 2.24) is 15.0 Å². The summed E-state index contributed by atoms with van der Waals surface area (Å²) in [5, 5.41) is 3.44. The maximum Gasteiger partial charge on any atom is 0.180 e. The Bertz CT molecular complexity index is 893. The number of rotatable bonds is 6. The third-order valence-corrected chi connectivity index (χ3v) is 6.12. The maximum absolute atomic E-state index is 11.7. The smallest absolute Gasteiger partial charge is 0.180 e. The Morgan fingerprint density at radius 1 is 1.20 bits per heavy atom. The van der Waals surface area contributed by atoms with Crippen LogP contribution in [-0.4, -0.2) is 41.9 Å². The van der Waals surface area contributed by atoms with E-state index in [9.17, 15) is 8.42 Å². The molecule has 132 valence electrons. The van der Waals surface area contributed by atoms with Crippen LogP contribution in [0, 0.1) is 5.41 Å². The second-order valence-electron chi connectivity index (χ2n) is 7.31. The number of nitrogens with one attached hydrogen (secondary N) is 1. The summed E-state index contributed by atoms with van der Waals surface area (Å²) in [6, 6.07) is 5.71. The van der Waals surface area contributed by atoms with Gasteiger partial charge in [-0.3, -0.25) is 4.98 Å². The van der Waals surface area contributed by atoms with Gasteiger partial charge in [-0.05, 0) is 44.2 Å². The molecule has 2 aliphatic carbocycles. The van der Waals surface area contributed by atoms with Gasteiger partial charge in [0.25, 0.3) is 0 Å². The Balaban J connectivity index is 1.60. The molecule has 0 saturated heterocycles. The molecule has 0 atom stereocenters. The molecule has 2 heterocycles. The van der Waals surface area contributed by atoms with Crippen LogP contribution in [0.4, 0.5) is 5.82 Å². The van der Waals surface area contributed by atoms with Gasteiger partial charge < -0.3 is 5.32 Å². The Kier molecular flexibility index (Phi) is 3.98. The van der Waals surface area contributed by atoms with Crippen molar-refractivity contribution < 1.29 is 8.42 Å². The molecule has 0 unspecified atom stereocenters.